The smallest absolute Gasteiger partial charge is 0.161 e. The number of H-pyrrole nitrogens is 1. The number of fused-ring (bicyclic) bond motifs is 1. The number of ketones is 2. The summed E-state index contributed by atoms with van der Waals surface area (Å²) in [5, 5.41) is 22.4. The Balaban J connectivity index is 1.36. The van der Waals surface area contributed by atoms with Crippen LogP contribution in [0.2, 0.25) is 0 Å². The number of rotatable bonds is 14. The third-order valence-electron chi connectivity index (χ3n) is 9.57. The van der Waals surface area contributed by atoms with Crippen molar-refractivity contribution >= 4 is 23.5 Å². The SMILES string of the molecule is COc1cc(CCC(=O)CC(=O)CCCC2CCCCC2)cc([C@@H]2c3ccnc(N)c3C=C[C@@]2(CO)Cc2ccc[nH]2)c1O. The molecule has 0 unspecified atom stereocenters. The van der Waals surface area contributed by atoms with Gasteiger partial charge in [-0.1, -0.05) is 56.7 Å². The summed E-state index contributed by atoms with van der Waals surface area (Å²) in [4.78, 5) is 32.9. The summed E-state index contributed by atoms with van der Waals surface area (Å²) in [6.45, 7) is -0.192. The van der Waals surface area contributed by atoms with Crippen LogP contribution in [0.1, 0.15) is 98.1 Å². The summed E-state index contributed by atoms with van der Waals surface area (Å²) in [5.41, 5.74) is 9.36. The number of aliphatic hydroxyl groups is 1. The number of anilines is 1. The summed E-state index contributed by atoms with van der Waals surface area (Å²) in [6, 6.07) is 9.39. The van der Waals surface area contributed by atoms with Gasteiger partial charge in [0.05, 0.1) is 20.1 Å². The maximum absolute atomic E-state index is 12.9. The maximum Gasteiger partial charge on any atom is 0.161 e. The fourth-order valence-electron chi connectivity index (χ4n) is 7.22. The number of aromatic amines is 1. The van der Waals surface area contributed by atoms with Crippen LogP contribution < -0.4 is 10.5 Å². The normalized spacial score (nSPS) is 19.9. The van der Waals surface area contributed by atoms with Crippen molar-refractivity contribution in [3.8, 4) is 11.5 Å². The van der Waals surface area contributed by atoms with E-state index in [0.29, 0.717) is 30.6 Å². The van der Waals surface area contributed by atoms with Gasteiger partial charge in [-0.2, -0.15) is 0 Å². The van der Waals surface area contributed by atoms with Gasteiger partial charge in [0, 0.05) is 53.4 Å². The molecule has 0 bridgehead atoms. The minimum atomic E-state index is -0.813. The third kappa shape index (κ3) is 7.07. The number of aromatic hydroxyl groups is 1. The molecule has 8 nitrogen and oxygen atoms in total. The highest BCUT2D eigenvalue weighted by molar-refractivity contribution is 5.99. The van der Waals surface area contributed by atoms with Crippen molar-refractivity contribution in [3.05, 3.63) is 76.7 Å². The van der Waals surface area contributed by atoms with Crippen molar-refractivity contribution < 1.29 is 24.5 Å². The minimum Gasteiger partial charge on any atom is -0.504 e. The maximum atomic E-state index is 12.9. The van der Waals surface area contributed by atoms with E-state index >= 15 is 0 Å². The molecule has 2 aliphatic carbocycles. The van der Waals surface area contributed by atoms with Crippen molar-refractivity contribution in [2.24, 2.45) is 11.3 Å². The molecule has 2 aliphatic rings. The average Bonchev–Trinajstić information content (AvgIpc) is 3.54. The van der Waals surface area contributed by atoms with Gasteiger partial charge in [-0.05, 0) is 60.6 Å². The summed E-state index contributed by atoms with van der Waals surface area (Å²) < 4.78 is 5.59. The van der Waals surface area contributed by atoms with E-state index < -0.39 is 11.3 Å². The predicted octanol–water partition coefficient (Wildman–Crippen LogP) is 6.30. The number of aryl methyl sites for hydroxylation is 1. The predicted molar refractivity (Wildman–Crippen MR) is 172 cm³/mol. The van der Waals surface area contributed by atoms with Gasteiger partial charge in [0.1, 0.15) is 17.4 Å². The Hall–Kier alpha value is -3.91. The van der Waals surface area contributed by atoms with Gasteiger partial charge in [-0.15, -0.1) is 0 Å². The largest absolute Gasteiger partial charge is 0.504 e. The number of methoxy groups -OCH3 is 1. The summed E-state index contributed by atoms with van der Waals surface area (Å²) in [5.74, 6) is 0.808. The number of ether oxygens (including phenoxy) is 1. The van der Waals surface area contributed by atoms with Crippen molar-refractivity contribution in [2.75, 3.05) is 19.5 Å². The summed E-state index contributed by atoms with van der Waals surface area (Å²) in [7, 11) is 1.49. The van der Waals surface area contributed by atoms with Gasteiger partial charge in [0.15, 0.2) is 11.5 Å². The van der Waals surface area contributed by atoms with Crippen LogP contribution in [0.5, 0.6) is 11.5 Å². The molecule has 0 spiro atoms. The first-order valence-electron chi connectivity index (χ1n) is 15.9. The van der Waals surface area contributed by atoms with Gasteiger partial charge in [-0.25, -0.2) is 4.98 Å². The number of nitrogen functional groups attached to an aromatic ring is 1. The summed E-state index contributed by atoms with van der Waals surface area (Å²) >= 11 is 0. The van der Waals surface area contributed by atoms with Crippen molar-refractivity contribution in [1.82, 2.24) is 9.97 Å². The number of nitrogens with one attached hydrogen (secondary N) is 1. The topological polar surface area (TPSA) is 139 Å². The molecule has 0 saturated heterocycles. The van der Waals surface area contributed by atoms with Crippen molar-refractivity contribution in [1.29, 1.82) is 0 Å². The van der Waals surface area contributed by atoms with Crippen molar-refractivity contribution in [2.45, 2.75) is 83.0 Å². The zero-order valence-electron chi connectivity index (χ0n) is 25.7. The average molecular weight is 600 g/mol. The van der Waals surface area contributed by atoms with Crippen LogP contribution >= 0.6 is 0 Å². The van der Waals surface area contributed by atoms with Crippen LogP contribution in [-0.2, 0) is 22.4 Å². The first kappa shape index (κ1) is 31.5. The molecule has 44 heavy (non-hydrogen) atoms. The molecule has 0 amide bonds. The Bertz CT molecular complexity index is 1480. The van der Waals surface area contributed by atoms with E-state index in [4.69, 9.17) is 10.5 Å². The number of phenolic OH excluding ortho intramolecular Hbond substituents is 1. The number of phenols is 1. The Kier molecular flexibility index (Phi) is 10.2. The number of benzene rings is 1. The first-order valence-corrected chi connectivity index (χ1v) is 15.9. The molecule has 2 aromatic heterocycles. The number of hydrogen-bond donors (Lipinski definition) is 4. The van der Waals surface area contributed by atoms with E-state index in [2.05, 4.69) is 9.97 Å². The molecule has 2 atom stereocenters. The van der Waals surface area contributed by atoms with E-state index in [1.165, 1.54) is 39.2 Å². The van der Waals surface area contributed by atoms with E-state index in [-0.39, 0.29) is 42.5 Å². The van der Waals surface area contributed by atoms with Crippen LogP contribution in [0.15, 0.2) is 48.8 Å². The number of pyridine rings is 1. The monoisotopic (exact) mass is 599 g/mol. The molecule has 8 heteroatoms. The molecular formula is C36H45N3O5. The Morgan fingerprint density at radius 2 is 1.91 bits per heavy atom. The van der Waals surface area contributed by atoms with Crippen LogP contribution in [0.4, 0.5) is 5.82 Å². The van der Waals surface area contributed by atoms with Crippen LogP contribution in [0.25, 0.3) is 6.08 Å². The zero-order valence-corrected chi connectivity index (χ0v) is 25.7. The number of hydrogen-bond acceptors (Lipinski definition) is 7. The molecule has 1 aromatic carbocycles. The molecule has 234 valence electrons. The number of Topliss-reactive ketones (excluding diaryl/α,β-unsaturated/α-hetero) is 2. The van der Waals surface area contributed by atoms with Crippen LogP contribution in [0, 0.1) is 11.3 Å². The first-order chi connectivity index (χ1) is 21.3. The Labute approximate surface area is 259 Å². The Morgan fingerprint density at radius 3 is 2.64 bits per heavy atom. The van der Waals surface area contributed by atoms with Crippen LogP contribution in [-0.4, -0.2) is 45.5 Å². The molecule has 1 saturated carbocycles. The zero-order chi connectivity index (χ0) is 31.1. The molecule has 0 radical (unpaired) electrons. The highest BCUT2D eigenvalue weighted by atomic mass is 16.5. The highest BCUT2D eigenvalue weighted by Crippen LogP contribution is 2.53. The number of aromatic nitrogens is 2. The number of carbonyl (C=O) groups excluding carboxylic acids is 2. The molecule has 2 heterocycles. The summed E-state index contributed by atoms with van der Waals surface area (Å²) in [6.07, 6.45) is 17.3. The number of nitrogens with two attached hydrogens (primary N) is 1. The van der Waals surface area contributed by atoms with E-state index in [1.807, 2.05) is 42.6 Å². The van der Waals surface area contributed by atoms with E-state index in [0.717, 1.165) is 41.1 Å². The van der Waals surface area contributed by atoms with E-state index in [9.17, 15) is 19.8 Å². The van der Waals surface area contributed by atoms with Gasteiger partial charge in [0.2, 0.25) is 0 Å². The standard InChI is InChI=1S/C36H45N3O5/c1-44-32-20-25(12-13-28(42)21-27(41)11-5-9-24-7-3-2-4-8-24)19-31(34(32)43)33-29-15-18-39-35(37)30(29)14-16-36(33,23-40)22-26-10-6-17-38-26/h6,10,14-20,24,33,38,40,43H,2-5,7-9,11-13,21-23H2,1H3,(H2,37,39)/t33-,36-/m0/s1. The number of aliphatic hydroxyl groups excluding tert-OH is 1. The molecule has 3 aromatic rings. The molecule has 5 rings (SSSR count). The molecule has 0 aliphatic heterocycles. The van der Waals surface area contributed by atoms with Gasteiger partial charge in [0.25, 0.3) is 0 Å². The second-order valence-electron chi connectivity index (χ2n) is 12.6. The van der Waals surface area contributed by atoms with E-state index in [1.54, 1.807) is 12.3 Å². The lowest BCUT2D eigenvalue weighted by molar-refractivity contribution is -0.127. The van der Waals surface area contributed by atoms with Gasteiger partial charge in [-0.3, -0.25) is 9.59 Å². The Morgan fingerprint density at radius 1 is 1.11 bits per heavy atom. The second kappa shape index (κ2) is 14.2. The third-order valence-corrected chi connectivity index (χ3v) is 9.57. The molecule has 5 N–H and O–H groups in total. The second-order valence-corrected chi connectivity index (χ2v) is 12.6. The minimum absolute atomic E-state index is 0.0172. The molecular weight excluding hydrogens is 554 g/mol. The fourth-order valence-corrected chi connectivity index (χ4v) is 7.22. The van der Waals surface area contributed by atoms with Crippen molar-refractivity contribution in [3.63, 3.8) is 0 Å². The lowest BCUT2D eigenvalue weighted by Gasteiger charge is -2.41. The van der Waals surface area contributed by atoms with Gasteiger partial charge >= 0.3 is 0 Å². The number of nitrogens with zero attached hydrogens (tertiary/aromatic N) is 1. The van der Waals surface area contributed by atoms with Gasteiger partial charge < -0.3 is 25.7 Å². The number of carbonyl (C=O) groups is 2. The quantitative estimate of drug-likeness (QED) is 0.160. The highest BCUT2D eigenvalue weighted by Gasteiger charge is 2.44. The van der Waals surface area contributed by atoms with Crippen LogP contribution in [0.3, 0.4) is 0 Å². The fraction of sp³-hybridized carbons (Fsp3) is 0.472. The lowest BCUT2D eigenvalue weighted by Crippen LogP contribution is -2.36. The molecule has 1 fully saturated rings. The lowest BCUT2D eigenvalue weighted by atomic mass is 9.63.